The van der Waals surface area contributed by atoms with Crippen LogP contribution in [0.4, 0.5) is 0 Å². The molecule has 0 aromatic rings. The van der Waals surface area contributed by atoms with Crippen LogP contribution in [0.15, 0.2) is 0 Å². The first-order valence-corrected chi connectivity index (χ1v) is 7.93. The number of hydrogen-bond acceptors (Lipinski definition) is 4. The number of carbonyl (C=O) groups is 1. The molecule has 21 heavy (non-hydrogen) atoms. The van der Waals surface area contributed by atoms with E-state index in [9.17, 15) is 4.79 Å². The Hall–Kier alpha value is -0.360. The van der Waals surface area contributed by atoms with Crippen molar-refractivity contribution in [2.45, 2.75) is 45.3 Å². The second-order valence-corrected chi connectivity index (χ2v) is 6.40. The van der Waals surface area contributed by atoms with Gasteiger partial charge < -0.3 is 15.8 Å². The predicted octanol–water partition coefficient (Wildman–Crippen LogP) is 1.01. The molecule has 1 aliphatic heterocycles. The molecule has 2 fully saturated rings. The maximum Gasteiger partial charge on any atom is 0.234 e. The zero-order chi connectivity index (χ0) is 14.5. The van der Waals surface area contributed by atoms with Crippen LogP contribution in [0, 0.1) is 11.8 Å². The molecule has 3 N–H and O–H groups in total. The van der Waals surface area contributed by atoms with Crippen molar-refractivity contribution in [2.24, 2.45) is 17.6 Å². The fourth-order valence-corrected chi connectivity index (χ4v) is 3.31. The Bertz CT molecular complexity index is 330. The van der Waals surface area contributed by atoms with Gasteiger partial charge in [-0.3, -0.25) is 9.69 Å². The predicted molar refractivity (Wildman–Crippen MR) is 86.6 cm³/mol. The number of nitrogens with two attached hydrogens (primary N) is 1. The number of halogens is 1. The highest BCUT2D eigenvalue weighted by Gasteiger charge is 2.29. The van der Waals surface area contributed by atoms with E-state index in [0.717, 1.165) is 19.5 Å². The van der Waals surface area contributed by atoms with E-state index in [1.54, 1.807) is 0 Å². The Kier molecular flexibility index (Phi) is 7.95. The number of rotatable bonds is 4. The van der Waals surface area contributed by atoms with E-state index in [2.05, 4.69) is 24.1 Å². The lowest BCUT2D eigenvalue weighted by Crippen LogP contribution is -2.51. The Morgan fingerprint density at radius 3 is 2.86 bits per heavy atom. The topological polar surface area (TPSA) is 67.6 Å². The minimum atomic E-state index is 0. The van der Waals surface area contributed by atoms with Crippen LogP contribution in [-0.4, -0.2) is 55.7 Å². The lowest BCUT2D eigenvalue weighted by atomic mass is 9.78. The van der Waals surface area contributed by atoms with Gasteiger partial charge in [-0.1, -0.05) is 26.7 Å². The van der Waals surface area contributed by atoms with Gasteiger partial charge in [0.2, 0.25) is 5.91 Å². The summed E-state index contributed by atoms with van der Waals surface area (Å²) in [6.07, 6.45) is 3.70. The van der Waals surface area contributed by atoms with Crippen LogP contribution in [0.1, 0.15) is 33.1 Å². The van der Waals surface area contributed by atoms with E-state index in [4.69, 9.17) is 10.5 Å². The van der Waals surface area contributed by atoms with Gasteiger partial charge in [-0.2, -0.15) is 0 Å². The standard InChI is InChI=1S/C15H29N3O2.ClH/c1-11-4-3-5-14(12(11)2)17-15(19)10-18-6-7-20-13(8-16)9-18;/h11-14H,3-10,16H2,1-2H3,(H,17,19);1H. The van der Waals surface area contributed by atoms with Crippen molar-refractivity contribution in [1.29, 1.82) is 0 Å². The molecular formula is C15H30ClN3O2. The molecule has 0 spiro atoms. The second-order valence-electron chi connectivity index (χ2n) is 6.40. The van der Waals surface area contributed by atoms with Crippen LogP contribution in [0.2, 0.25) is 0 Å². The highest BCUT2D eigenvalue weighted by atomic mass is 35.5. The molecule has 4 unspecified atom stereocenters. The summed E-state index contributed by atoms with van der Waals surface area (Å²) in [5, 5.41) is 3.23. The van der Waals surface area contributed by atoms with Crippen LogP contribution in [0.5, 0.6) is 0 Å². The third-order valence-electron chi connectivity index (χ3n) is 4.91. The first-order chi connectivity index (χ1) is 9.60. The number of nitrogens with zero attached hydrogens (tertiary/aromatic N) is 1. The zero-order valence-corrected chi connectivity index (χ0v) is 14.0. The van der Waals surface area contributed by atoms with E-state index >= 15 is 0 Å². The van der Waals surface area contributed by atoms with Gasteiger partial charge in [0.15, 0.2) is 0 Å². The molecule has 0 aromatic heterocycles. The number of morpholine rings is 1. The Morgan fingerprint density at radius 2 is 2.14 bits per heavy atom. The summed E-state index contributed by atoms with van der Waals surface area (Å²) in [6, 6.07) is 0.345. The molecule has 6 heteroatoms. The molecule has 2 aliphatic rings. The van der Waals surface area contributed by atoms with E-state index in [-0.39, 0.29) is 24.4 Å². The summed E-state index contributed by atoms with van der Waals surface area (Å²) in [4.78, 5) is 14.3. The quantitative estimate of drug-likeness (QED) is 0.811. The van der Waals surface area contributed by atoms with E-state index < -0.39 is 0 Å². The van der Waals surface area contributed by atoms with Crippen LogP contribution < -0.4 is 11.1 Å². The number of ether oxygens (including phenoxy) is 1. The summed E-state index contributed by atoms with van der Waals surface area (Å²) in [7, 11) is 0. The first-order valence-electron chi connectivity index (χ1n) is 7.93. The second kappa shape index (κ2) is 8.93. The van der Waals surface area contributed by atoms with Crippen molar-refractivity contribution in [3.8, 4) is 0 Å². The van der Waals surface area contributed by atoms with Crippen molar-refractivity contribution in [2.75, 3.05) is 32.8 Å². The molecule has 1 aliphatic carbocycles. The lowest BCUT2D eigenvalue weighted by Gasteiger charge is -2.36. The summed E-state index contributed by atoms with van der Waals surface area (Å²) < 4.78 is 5.52. The maximum atomic E-state index is 12.2. The van der Waals surface area contributed by atoms with Crippen LogP contribution in [0.3, 0.4) is 0 Å². The normalized spacial score (nSPS) is 34.0. The highest BCUT2D eigenvalue weighted by Crippen LogP contribution is 2.29. The van der Waals surface area contributed by atoms with E-state index in [0.29, 0.717) is 37.6 Å². The molecule has 2 rings (SSSR count). The van der Waals surface area contributed by atoms with Crippen molar-refractivity contribution in [1.82, 2.24) is 10.2 Å². The minimum absolute atomic E-state index is 0. The molecule has 124 valence electrons. The summed E-state index contributed by atoms with van der Waals surface area (Å²) >= 11 is 0. The van der Waals surface area contributed by atoms with Gasteiger partial charge in [0.25, 0.3) is 0 Å². The molecule has 1 heterocycles. The maximum absolute atomic E-state index is 12.2. The fraction of sp³-hybridized carbons (Fsp3) is 0.933. The van der Waals surface area contributed by atoms with Crippen molar-refractivity contribution in [3.63, 3.8) is 0 Å². The fourth-order valence-electron chi connectivity index (χ4n) is 3.31. The average Bonchev–Trinajstić information content (AvgIpc) is 2.44. The summed E-state index contributed by atoms with van der Waals surface area (Å²) in [6.45, 7) is 7.80. The smallest absolute Gasteiger partial charge is 0.234 e. The molecule has 0 radical (unpaired) electrons. The summed E-state index contributed by atoms with van der Waals surface area (Å²) in [5.74, 6) is 1.43. The van der Waals surface area contributed by atoms with Crippen LogP contribution in [-0.2, 0) is 9.53 Å². The van der Waals surface area contributed by atoms with Crippen LogP contribution in [0.25, 0.3) is 0 Å². The molecule has 0 bridgehead atoms. The molecule has 1 amide bonds. The van der Waals surface area contributed by atoms with Gasteiger partial charge in [0, 0.05) is 25.7 Å². The monoisotopic (exact) mass is 319 g/mol. The van der Waals surface area contributed by atoms with Crippen molar-refractivity contribution < 1.29 is 9.53 Å². The molecule has 1 saturated carbocycles. The Morgan fingerprint density at radius 1 is 1.38 bits per heavy atom. The Labute approximate surface area is 134 Å². The number of carbonyl (C=O) groups excluding carboxylic acids is 1. The van der Waals surface area contributed by atoms with E-state index in [1.807, 2.05) is 0 Å². The molecule has 4 atom stereocenters. The van der Waals surface area contributed by atoms with Gasteiger partial charge in [-0.05, 0) is 18.3 Å². The first kappa shape index (κ1) is 18.7. The number of amides is 1. The summed E-state index contributed by atoms with van der Waals surface area (Å²) in [5.41, 5.74) is 5.63. The Balaban J connectivity index is 0.00000220. The molecular weight excluding hydrogens is 290 g/mol. The number of nitrogens with one attached hydrogen (secondary N) is 1. The van der Waals surface area contributed by atoms with Crippen molar-refractivity contribution >= 4 is 18.3 Å². The van der Waals surface area contributed by atoms with Crippen molar-refractivity contribution in [3.05, 3.63) is 0 Å². The minimum Gasteiger partial charge on any atom is -0.374 e. The van der Waals surface area contributed by atoms with E-state index in [1.165, 1.54) is 12.8 Å². The van der Waals surface area contributed by atoms with Gasteiger partial charge in [0.05, 0.1) is 19.3 Å². The largest absolute Gasteiger partial charge is 0.374 e. The van der Waals surface area contributed by atoms with Gasteiger partial charge in [-0.15, -0.1) is 12.4 Å². The van der Waals surface area contributed by atoms with Gasteiger partial charge in [-0.25, -0.2) is 0 Å². The number of hydrogen-bond donors (Lipinski definition) is 2. The van der Waals surface area contributed by atoms with Crippen LogP contribution >= 0.6 is 12.4 Å². The molecule has 0 aromatic carbocycles. The third kappa shape index (κ3) is 5.40. The average molecular weight is 320 g/mol. The van der Waals surface area contributed by atoms with Gasteiger partial charge in [0.1, 0.15) is 0 Å². The molecule has 1 saturated heterocycles. The molecule has 5 nitrogen and oxygen atoms in total. The van der Waals surface area contributed by atoms with Gasteiger partial charge >= 0.3 is 0 Å². The highest BCUT2D eigenvalue weighted by molar-refractivity contribution is 5.85. The lowest BCUT2D eigenvalue weighted by molar-refractivity contribution is -0.125. The third-order valence-corrected chi connectivity index (χ3v) is 4.91. The zero-order valence-electron chi connectivity index (χ0n) is 13.2. The SMILES string of the molecule is CC1CCCC(NC(=O)CN2CCOC(CN)C2)C1C.Cl.